The first kappa shape index (κ1) is 13.9. The number of unbranched alkanes of at least 4 members (excludes halogenated alkanes) is 1. The monoisotopic (exact) mass is 233 g/mol. The zero-order chi connectivity index (χ0) is 9.28. The molecule has 0 unspecified atom stereocenters. The van der Waals surface area contributed by atoms with E-state index in [1.807, 2.05) is 13.0 Å². The van der Waals surface area contributed by atoms with Crippen molar-refractivity contribution < 1.29 is 0 Å². The molecule has 0 aromatic heterocycles. The third-order valence-corrected chi connectivity index (χ3v) is 1.65. The van der Waals surface area contributed by atoms with Crippen LogP contribution in [0.1, 0.15) is 19.8 Å². The van der Waals surface area contributed by atoms with Gasteiger partial charge in [-0.3, -0.25) is 0 Å². The SMILES string of the molecule is CCCC#N.ClC(Cl)=C(Cl)Cl. The molecule has 1 nitrogen and oxygen atoms in total. The molecular formula is C6H7Cl4N. The lowest BCUT2D eigenvalue weighted by Gasteiger charge is -1.75. The van der Waals surface area contributed by atoms with Gasteiger partial charge in [0.15, 0.2) is 0 Å². The van der Waals surface area contributed by atoms with Crippen LogP contribution in [0.25, 0.3) is 0 Å². The fourth-order valence-electron chi connectivity index (χ4n) is 0.112. The van der Waals surface area contributed by atoms with Crippen LogP contribution in [0.2, 0.25) is 0 Å². The zero-order valence-corrected chi connectivity index (χ0v) is 8.90. The third kappa shape index (κ3) is 17.9. The van der Waals surface area contributed by atoms with Gasteiger partial charge in [-0.2, -0.15) is 5.26 Å². The maximum absolute atomic E-state index is 7.82. The molecule has 0 aliphatic heterocycles. The average molecular weight is 235 g/mol. The zero-order valence-electron chi connectivity index (χ0n) is 5.87. The highest BCUT2D eigenvalue weighted by Gasteiger charge is 1.88. The Kier molecular flexibility index (Phi) is 13.2. The first-order valence-electron chi connectivity index (χ1n) is 2.79. The van der Waals surface area contributed by atoms with Gasteiger partial charge in [0, 0.05) is 6.42 Å². The molecule has 0 bridgehead atoms. The van der Waals surface area contributed by atoms with Crippen LogP contribution >= 0.6 is 46.4 Å². The second kappa shape index (κ2) is 10.4. The third-order valence-electron chi connectivity index (χ3n) is 0.505. The lowest BCUT2D eigenvalue weighted by atomic mass is 10.4. The second-order valence-electron chi connectivity index (χ2n) is 1.43. The summed E-state index contributed by atoms with van der Waals surface area (Å²) in [5, 5.41) is 7.82. The molecule has 0 saturated carbocycles. The van der Waals surface area contributed by atoms with Crippen molar-refractivity contribution in [2.75, 3.05) is 0 Å². The van der Waals surface area contributed by atoms with E-state index in [0.717, 1.165) is 6.42 Å². The van der Waals surface area contributed by atoms with Gasteiger partial charge < -0.3 is 0 Å². The summed E-state index contributed by atoms with van der Waals surface area (Å²) in [6, 6.07) is 2.02. The van der Waals surface area contributed by atoms with Crippen LogP contribution < -0.4 is 0 Å². The summed E-state index contributed by atoms with van der Waals surface area (Å²) in [6.07, 6.45) is 1.68. The fourth-order valence-corrected chi connectivity index (χ4v) is 0.112. The quantitative estimate of drug-likeness (QED) is 0.661. The Hall–Kier alpha value is 0.390. The minimum Gasteiger partial charge on any atom is -0.198 e. The Morgan fingerprint density at radius 1 is 1.18 bits per heavy atom. The first-order valence-corrected chi connectivity index (χ1v) is 4.30. The van der Waals surface area contributed by atoms with Gasteiger partial charge in [-0.1, -0.05) is 53.3 Å². The van der Waals surface area contributed by atoms with Crippen LogP contribution in [0, 0.1) is 11.3 Å². The highest BCUT2D eigenvalue weighted by Crippen LogP contribution is 2.20. The molecule has 0 spiro atoms. The Bertz CT molecular complexity index is 140. The summed E-state index contributed by atoms with van der Waals surface area (Å²) in [5.41, 5.74) is 0. The topological polar surface area (TPSA) is 23.8 Å². The molecule has 0 atom stereocenters. The molecule has 0 aromatic carbocycles. The van der Waals surface area contributed by atoms with Gasteiger partial charge in [-0.15, -0.1) is 0 Å². The molecule has 0 saturated heterocycles. The maximum Gasteiger partial charge on any atom is 0.136 e. The number of hydrogen-bond acceptors (Lipinski definition) is 1. The number of hydrogen-bond donors (Lipinski definition) is 0. The molecular weight excluding hydrogens is 228 g/mol. The van der Waals surface area contributed by atoms with Crippen molar-refractivity contribution in [3.05, 3.63) is 8.98 Å². The summed E-state index contributed by atoms with van der Waals surface area (Å²) < 4.78 is -0.198. The van der Waals surface area contributed by atoms with Crippen LogP contribution in [0.15, 0.2) is 8.98 Å². The van der Waals surface area contributed by atoms with Crippen molar-refractivity contribution in [1.82, 2.24) is 0 Å². The van der Waals surface area contributed by atoms with Gasteiger partial charge in [0.1, 0.15) is 8.98 Å². The molecule has 5 heteroatoms. The van der Waals surface area contributed by atoms with Crippen LogP contribution in [0.5, 0.6) is 0 Å². The van der Waals surface area contributed by atoms with E-state index in [4.69, 9.17) is 51.7 Å². The van der Waals surface area contributed by atoms with Crippen molar-refractivity contribution in [2.45, 2.75) is 19.8 Å². The van der Waals surface area contributed by atoms with E-state index in [2.05, 4.69) is 0 Å². The van der Waals surface area contributed by atoms with Crippen molar-refractivity contribution in [1.29, 1.82) is 5.26 Å². The van der Waals surface area contributed by atoms with Gasteiger partial charge >= 0.3 is 0 Å². The van der Waals surface area contributed by atoms with Gasteiger partial charge in [-0.05, 0) is 6.42 Å². The molecule has 0 rings (SSSR count). The van der Waals surface area contributed by atoms with Crippen LogP contribution in [-0.2, 0) is 0 Å². The molecule has 64 valence electrons. The number of halogens is 4. The van der Waals surface area contributed by atoms with Crippen molar-refractivity contribution in [3.8, 4) is 6.07 Å². The Morgan fingerprint density at radius 3 is 1.55 bits per heavy atom. The molecule has 0 aliphatic rings. The van der Waals surface area contributed by atoms with Crippen molar-refractivity contribution in [2.24, 2.45) is 0 Å². The van der Waals surface area contributed by atoms with E-state index < -0.39 is 0 Å². The summed E-state index contributed by atoms with van der Waals surface area (Å²) in [7, 11) is 0. The highest BCUT2D eigenvalue weighted by molar-refractivity contribution is 6.67. The molecule has 0 radical (unpaired) electrons. The van der Waals surface area contributed by atoms with E-state index in [1.54, 1.807) is 0 Å². The Labute approximate surface area is 86.5 Å². The lowest BCUT2D eigenvalue weighted by Crippen LogP contribution is -1.53. The predicted molar refractivity (Wildman–Crippen MR) is 51.0 cm³/mol. The van der Waals surface area contributed by atoms with Gasteiger partial charge in [-0.25, -0.2) is 0 Å². The minimum atomic E-state index is -0.0988. The standard InChI is InChI=1S/C4H7N.C2Cl4/c1-2-3-4-5;3-1(4)2(5)6/h2-3H2,1H3;. The fraction of sp³-hybridized carbons (Fsp3) is 0.500. The predicted octanol–water partition coefficient (Wildman–Crippen LogP) is 4.38. The molecule has 0 fully saturated rings. The highest BCUT2D eigenvalue weighted by atomic mass is 35.5. The van der Waals surface area contributed by atoms with Crippen molar-refractivity contribution in [3.63, 3.8) is 0 Å². The van der Waals surface area contributed by atoms with Gasteiger partial charge in [0.05, 0.1) is 6.07 Å². The molecule has 0 aromatic rings. The molecule has 0 N–H and O–H groups in total. The van der Waals surface area contributed by atoms with Crippen LogP contribution in [0.3, 0.4) is 0 Å². The number of rotatable bonds is 1. The molecule has 11 heavy (non-hydrogen) atoms. The summed E-state index contributed by atoms with van der Waals surface area (Å²) in [6.45, 7) is 1.99. The number of nitrogens with zero attached hydrogens (tertiary/aromatic N) is 1. The normalized spacial score (nSPS) is 7.27. The Balaban J connectivity index is 0. The van der Waals surface area contributed by atoms with Crippen molar-refractivity contribution >= 4 is 46.4 Å². The summed E-state index contributed by atoms with van der Waals surface area (Å²) in [4.78, 5) is 0. The Morgan fingerprint density at radius 2 is 1.55 bits per heavy atom. The maximum atomic E-state index is 7.82. The van der Waals surface area contributed by atoms with E-state index in [0.29, 0.717) is 6.42 Å². The van der Waals surface area contributed by atoms with E-state index >= 15 is 0 Å². The van der Waals surface area contributed by atoms with Crippen LogP contribution in [-0.4, -0.2) is 0 Å². The van der Waals surface area contributed by atoms with E-state index in [-0.39, 0.29) is 8.98 Å². The largest absolute Gasteiger partial charge is 0.198 e. The minimum absolute atomic E-state index is 0.0988. The first-order chi connectivity index (χ1) is 5.06. The molecule has 0 aliphatic carbocycles. The smallest absolute Gasteiger partial charge is 0.136 e. The average Bonchev–Trinajstić information content (AvgIpc) is 1.90. The summed E-state index contributed by atoms with van der Waals surface area (Å²) in [5.74, 6) is 0. The second-order valence-corrected chi connectivity index (χ2v) is 3.33. The lowest BCUT2D eigenvalue weighted by molar-refractivity contribution is 0.969. The summed E-state index contributed by atoms with van der Waals surface area (Å²) >= 11 is 20.0. The van der Waals surface area contributed by atoms with Gasteiger partial charge in [0.2, 0.25) is 0 Å². The molecule has 0 amide bonds. The van der Waals surface area contributed by atoms with E-state index in [1.165, 1.54) is 0 Å². The molecule has 0 heterocycles. The van der Waals surface area contributed by atoms with Gasteiger partial charge in [0.25, 0.3) is 0 Å². The van der Waals surface area contributed by atoms with E-state index in [9.17, 15) is 0 Å². The van der Waals surface area contributed by atoms with Crippen LogP contribution in [0.4, 0.5) is 0 Å². The number of nitriles is 1.